The van der Waals surface area contributed by atoms with E-state index >= 15 is 0 Å². The predicted octanol–water partition coefficient (Wildman–Crippen LogP) is 1.64. The van der Waals surface area contributed by atoms with Gasteiger partial charge in [0.15, 0.2) is 0 Å². The van der Waals surface area contributed by atoms with E-state index in [0.717, 1.165) is 18.4 Å². The first-order chi connectivity index (χ1) is 9.20. The Labute approximate surface area is 113 Å². The highest BCUT2D eigenvalue weighted by molar-refractivity contribution is 5.68. The molecule has 3 N–H and O–H groups in total. The second-order valence-corrected chi connectivity index (χ2v) is 4.97. The number of piperidine rings is 1. The molecule has 2 unspecified atom stereocenters. The zero-order chi connectivity index (χ0) is 13.7. The molecular formula is C14H21N3O2. The zero-order valence-electron chi connectivity index (χ0n) is 11.2. The number of rotatable bonds is 3. The van der Waals surface area contributed by atoms with Gasteiger partial charge in [-0.3, -0.25) is 11.3 Å². The minimum Gasteiger partial charge on any atom is -0.445 e. The second-order valence-electron chi connectivity index (χ2n) is 4.97. The number of hydrogen-bond acceptors (Lipinski definition) is 4. The maximum Gasteiger partial charge on any atom is 0.410 e. The minimum absolute atomic E-state index is 0.151. The van der Waals surface area contributed by atoms with E-state index in [1.54, 1.807) is 4.90 Å². The van der Waals surface area contributed by atoms with Crippen molar-refractivity contribution in [3.8, 4) is 0 Å². The molecule has 2 atom stereocenters. The van der Waals surface area contributed by atoms with Crippen LogP contribution in [-0.2, 0) is 11.3 Å². The lowest BCUT2D eigenvalue weighted by atomic mass is 9.99. The van der Waals surface area contributed by atoms with Gasteiger partial charge in [-0.1, -0.05) is 30.3 Å². The summed E-state index contributed by atoms with van der Waals surface area (Å²) in [5.74, 6) is 5.44. The molecule has 1 aliphatic rings. The third-order valence-corrected chi connectivity index (χ3v) is 3.55. The average molecular weight is 263 g/mol. The van der Waals surface area contributed by atoms with Gasteiger partial charge in [-0.15, -0.1) is 0 Å². The maximum atomic E-state index is 12.0. The van der Waals surface area contributed by atoms with E-state index in [1.165, 1.54) is 0 Å². The molecule has 0 bridgehead atoms. The molecule has 1 aromatic rings. The lowest BCUT2D eigenvalue weighted by Crippen LogP contribution is -2.51. The zero-order valence-corrected chi connectivity index (χ0v) is 11.2. The van der Waals surface area contributed by atoms with Crippen LogP contribution in [0.4, 0.5) is 4.79 Å². The van der Waals surface area contributed by atoms with Crippen LogP contribution in [0.25, 0.3) is 0 Å². The van der Waals surface area contributed by atoms with Gasteiger partial charge >= 0.3 is 6.09 Å². The first kappa shape index (κ1) is 13.8. The molecule has 19 heavy (non-hydrogen) atoms. The van der Waals surface area contributed by atoms with Crippen molar-refractivity contribution in [2.45, 2.75) is 38.5 Å². The quantitative estimate of drug-likeness (QED) is 0.642. The van der Waals surface area contributed by atoms with E-state index in [-0.39, 0.29) is 18.2 Å². The lowest BCUT2D eigenvalue weighted by molar-refractivity contribution is 0.0661. The number of ether oxygens (including phenoxy) is 1. The minimum atomic E-state index is -0.244. The summed E-state index contributed by atoms with van der Waals surface area (Å²) in [4.78, 5) is 13.8. The molecule has 1 heterocycles. The van der Waals surface area contributed by atoms with Crippen molar-refractivity contribution >= 4 is 6.09 Å². The molecule has 1 amide bonds. The van der Waals surface area contributed by atoms with Gasteiger partial charge in [0.25, 0.3) is 0 Å². The molecule has 0 spiro atoms. The number of hydrazine groups is 1. The third kappa shape index (κ3) is 3.68. The molecule has 5 nitrogen and oxygen atoms in total. The number of amides is 1. The highest BCUT2D eigenvalue weighted by Gasteiger charge is 2.29. The van der Waals surface area contributed by atoms with Gasteiger partial charge in [-0.25, -0.2) is 4.79 Å². The molecule has 0 aromatic heterocycles. The Hall–Kier alpha value is -1.59. The SMILES string of the molecule is CC1CC(NN)CCN1C(=O)OCc1ccccc1. The largest absolute Gasteiger partial charge is 0.445 e. The van der Waals surface area contributed by atoms with Gasteiger partial charge < -0.3 is 9.64 Å². The van der Waals surface area contributed by atoms with Crippen molar-refractivity contribution in [2.75, 3.05) is 6.54 Å². The van der Waals surface area contributed by atoms with Crippen LogP contribution in [0.2, 0.25) is 0 Å². The van der Waals surface area contributed by atoms with E-state index < -0.39 is 0 Å². The number of nitrogens with two attached hydrogens (primary N) is 1. The first-order valence-electron chi connectivity index (χ1n) is 6.64. The molecule has 1 fully saturated rings. The predicted molar refractivity (Wildman–Crippen MR) is 73.1 cm³/mol. The Morgan fingerprint density at radius 3 is 2.84 bits per heavy atom. The van der Waals surface area contributed by atoms with Crippen molar-refractivity contribution in [3.05, 3.63) is 35.9 Å². The van der Waals surface area contributed by atoms with Crippen LogP contribution in [0, 0.1) is 0 Å². The second kappa shape index (κ2) is 6.54. The fourth-order valence-corrected chi connectivity index (χ4v) is 2.40. The molecule has 1 aromatic carbocycles. The van der Waals surface area contributed by atoms with Crippen molar-refractivity contribution in [1.29, 1.82) is 0 Å². The molecular weight excluding hydrogens is 242 g/mol. The topological polar surface area (TPSA) is 67.6 Å². The fourth-order valence-electron chi connectivity index (χ4n) is 2.40. The smallest absolute Gasteiger partial charge is 0.410 e. The van der Waals surface area contributed by atoms with E-state index in [9.17, 15) is 4.79 Å². The van der Waals surface area contributed by atoms with Gasteiger partial charge in [0.1, 0.15) is 6.61 Å². The summed E-state index contributed by atoms with van der Waals surface area (Å²) in [6, 6.07) is 10.1. The lowest BCUT2D eigenvalue weighted by Gasteiger charge is -2.36. The van der Waals surface area contributed by atoms with Crippen LogP contribution in [0.1, 0.15) is 25.3 Å². The summed E-state index contributed by atoms with van der Waals surface area (Å²) < 4.78 is 5.34. The molecule has 1 aliphatic heterocycles. The summed E-state index contributed by atoms with van der Waals surface area (Å²) in [6.07, 6.45) is 1.48. The number of nitrogens with zero attached hydrogens (tertiary/aromatic N) is 1. The van der Waals surface area contributed by atoms with Crippen molar-refractivity contribution < 1.29 is 9.53 Å². The molecule has 2 rings (SSSR count). The van der Waals surface area contributed by atoms with E-state index in [4.69, 9.17) is 10.6 Å². The van der Waals surface area contributed by atoms with Gasteiger partial charge in [0.2, 0.25) is 0 Å². The van der Waals surface area contributed by atoms with Gasteiger partial charge in [-0.05, 0) is 25.3 Å². The Bertz CT molecular complexity index is 410. The molecule has 0 aliphatic carbocycles. The number of likely N-dealkylation sites (tertiary alicyclic amines) is 1. The Kier molecular flexibility index (Phi) is 4.76. The third-order valence-electron chi connectivity index (χ3n) is 3.55. The van der Waals surface area contributed by atoms with Crippen molar-refractivity contribution in [2.24, 2.45) is 5.84 Å². The summed E-state index contributed by atoms with van der Waals surface area (Å²) in [7, 11) is 0. The van der Waals surface area contributed by atoms with Crippen LogP contribution in [0.5, 0.6) is 0 Å². The van der Waals surface area contributed by atoms with Crippen molar-refractivity contribution in [3.63, 3.8) is 0 Å². The van der Waals surface area contributed by atoms with Crippen LogP contribution in [0.3, 0.4) is 0 Å². The maximum absolute atomic E-state index is 12.0. The number of nitrogens with one attached hydrogen (secondary N) is 1. The van der Waals surface area contributed by atoms with Gasteiger partial charge in [0, 0.05) is 18.6 Å². The first-order valence-corrected chi connectivity index (χ1v) is 6.64. The van der Waals surface area contributed by atoms with Crippen LogP contribution >= 0.6 is 0 Å². The summed E-state index contributed by atoms with van der Waals surface area (Å²) in [6.45, 7) is 3.03. The Morgan fingerprint density at radius 2 is 2.21 bits per heavy atom. The average Bonchev–Trinajstić information content (AvgIpc) is 2.45. The summed E-state index contributed by atoms with van der Waals surface area (Å²) in [5.41, 5.74) is 3.77. The molecule has 5 heteroatoms. The Morgan fingerprint density at radius 1 is 1.47 bits per heavy atom. The van der Waals surface area contributed by atoms with Crippen molar-refractivity contribution in [1.82, 2.24) is 10.3 Å². The fraction of sp³-hybridized carbons (Fsp3) is 0.500. The molecule has 104 valence electrons. The number of hydrogen-bond donors (Lipinski definition) is 2. The normalized spacial score (nSPS) is 23.2. The highest BCUT2D eigenvalue weighted by atomic mass is 16.6. The Balaban J connectivity index is 1.83. The van der Waals surface area contributed by atoms with Crippen LogP contribution < -0.4 is 11.3 Å². The number of carbonyl (C=O) groups excluding carboxylic acids is 1. The summed E-state index contributed by atoms with van der Waals surface area (Å²) >= 11 is 0. The number of benzene rings is 1. The highest BCUT2D eigenvalue weighted by Crippen LogP contribution is 2.18. The van der Waals surface area contributed by atoms with E-state index in [2.05, 4.69) is 5.43 Å². The number of carbonyl (C=O) groups is 1. The van der Waals surface area contributed by atoms with Gasteiger partial charge in [0.05, 0.1) is 0 Å². The molecule has 1 saturated heterocycles. The van der Waals surface area contributed by atoms with Crippen LogP contribution in [0.15, 0.2) is 30.3 Å². The molecule has 0 saturated carbocycles. The standard InChI is InChI=1S/C14H21N3O2/c1-11-9-13(16-15)7-8-17(11)14(18)19-10-12-5-3-2-4-6-12/h2-6,11,13,16H,7-10,15H2,1H3. The summed E-state index contributed by atoms with van der Waals surface area (Å²) in [5, 5.41) is 0. The molecule has 0 radical (unpaired) electrons. The monoisotopic (exact) mass is 263 g/mol. The van der Waals surface area contributed by atoms with E-state index in [0.29, 0.717) is 13.2 Å². The van der Waals surface area contributed by atoms with Crippen LogP contribution in [-0.4, -0.2) is 29.6 Å². The van der Waals surface area contributed by atoms with E-state index in [1.807, 2.05) is 37.3 Å². The van der Waals surface area contributed by atoms with Gasteiger partial charge in [-0.2, -0.15) is 0 Å².